The first-order valence-electron chi connectivity index (χ1n) is 5.54. The Labute approximate surface area is 106 Å². The molecule has 5 heteroatoms. The van der Waals surface area contributed by atoms with Crippen LogP contribution in [0.2, 0.25) is 0 Å². The minimum Gasteiger partial charge on any atom is -0.377 e. The van der Waals surface area contributed by atoms with E-state index in [4.69, 9.17) is 0 Å². The highest BCUT2D eigenvalue weighted by atomic mass is 32.1. The SMILES string of the molecule is FC(F)(F)c1ccc2c(c1)CC(c1cccs1)N2. The summed E-state index contributed by atoms with van der Waals surface area (Å²) in [5.41, 5.74) is 0.972. The van der Waals surface area contributed by atoms with Gasteiger partial charge in [0.2, 0.25) is 0 Å². The highest BCUT2D eigenvalue weighted by Crippen LogP contribution is 2.39. The predicted molar refractivity (Wildman–Crippen MR) is 65.8 cm³/mol. The van der Waals surface area contributed by atoms with Gasteiger partial charge in [-0.3, -0.25) is 0 Å². The zero-order valence-corrected chi connectivity index (χ0v) is 10.1. The molecule has 0 saturated heterocycles. The molecule has 1 atom stereocenters. The number of anilines is 1. The van der Waals surface area contributed by atoms with E-state index in [1.165, 1.54) is 12.1 Å². The second kappa shape index (κ2) is 4.02. The Morgan fingerprint density at radius 2 is 2.06 bits per heavy atom. The minimum atomic E-state index is -4.27. The molecule has 1 unspecified atom stereocenters. The molecule has 2 aromatic rings. The van der Waals surface area contributed by atoms with Crippen LogP contribution in [0.15, 0.2) is 35.7 Å². The lowest BCUT2D eigenvalue weighted by Crippen LogP contribution is -2.04. The maximum absolute atomic E-state index is 12.6. The predicted octanol–water partition coefficient (Wildman–Crippen LogP) is 4.48. The number of benzene rings is 1. The summed E-state index contributed by atoms with van der Waals surface area (Å²) in [6.45, 7) is 0. The summed E-state index contributed by atoms with van der Waals surface area (Å²) >= 11 is 1.62. The van der Waals surface area contributed by atoms with Gasteiger partial charge in [-0.25, -0.2) is 0 Å². The third kappa shape index (κ3) is 1.99. The highest BCUT2D eigenvalue weighted by molar-refractivity contribution is 7.10. The molecule has 0 amide bonds. The zero-order valence-electron chi connectivity index (χ0n) is 9.29. The summed E-state index contributed by atoms with van der Waals surface area (Å²) in [6, 6.07) is 7.94. The van der Waals surface area contributed by atoms with Crippen molar-refractivity contribution in [3.05, 3.63) is 51.7 Å². The Kier molecular flexibility index (Phi) is 2.59. The summed E-state index contributed by atoms with van der Waals surface area (Å²) in [6.07, 6.45) is -3.66. The van der Waals surface area contributed by atoms with Crippen LogP contribution in [-0.2, 0) is 12.6 Å². The largest absolute Gasteiger partial charge is 0.416 e. The van der Waals surface area contributed by atoms with Gasteiger partial charge in [0.1, 0.15) is 0 Å². The van der Waals surface area contributed by atoms with Crippen LogP contribution in [0.5, 0.6) is 0 Å². The monoisotopic (exact) mass is 269 g/mol. The number of nitrogens with one attached hydrogen (secondary N) is 1. The molecule has 1 N–H and O–H groups in total. The number of rotatable bonds is 1. The number of hydrogen-bond acceptors (Lipinski definition) is 2. The van der Waals surface area contributed by atoms with E-state index < -0.39 is 11.7 Å². The quantitative estimate of drug-likeness (QED) is 0.805. The van der Waals surface area contributed by atoms with E-state index in [0.717, 1.165) is 22.2 Å². The fourth-order valence-corrected chi connectivity index (χ4v) is 2.98. The van der Waals surface area contributed by atoms with E-state index in [1.807, 2.05) is 17.5 Å². The Balaban J connectivity index is 1.90. The summed E-state index contributed by atoms with van der Waals surface area (Å²) in [5.74, 6) is 0. The Bertz CT molecular complexity index is 560. The van der Waals surface area contributed by atoms with Gasteiger partial charge in [0.25, 0.3) is 0 Å². The van der Waals surface area contributed by atoms with Crippen molar-refractivity contribution in [2.75, 3.05) is 5.32 Å². The van der Waals surface area contributed by atoms with Crippen LogP contribution in [0.3, 0.4) is 0 Å². The fraction of sp³-hybridized carbons (Fsp3) is 0.231. The van der Waals surface area contributed by atoms with Crippen LogP contribution < -0.4 is 5.32 Å². The van der Waals surface area contributed by atoms with Crippen LogP contribution in [0.1, 0.15) is 22.0 Å². The Morgan fingerprint density at radius 1 is 1.22 bits per heavy atom. The molecule has 1 aromatic carbocycles. The molecule has 1 aliphatic heterocycles. The zero-order chi connectivity index (χ0) is 12.8. The first-order valence-corrected chi connectivity index (χ1v) is 6.42. The van der Waals surface area contributed by atoms with Crippen molar-refractivity contribution in [3.8, 4) is 0 Å². The third-order valence-electron chi connectivity index (χ3n) is 3.07. The number of hydrogen-bond donors (Lipinski definition) is 1. The average Bonchev–Trinajstić information content (AvgIpc) is 2.95. The molecule has 1 nitrogen and oxygen atoms in total. The van der Waals surface area contributed by atoms with Gasteiger partial charge in [-0.1, -0.05) is 6.07 Å². The maximum atomic E-state index is 12.6. The van der Waals surface area contributed by atoms with Gasteiger partial charge in [0.15, 0.2) is 0 Å². The lowest BCUT2D eigenvalue weighted by atomic mass is 10.1. The van der Waals surface area contributed by atoms with Crippen LogP contribution in [0.25, 0.3) is 0 Å². The molecule has 2 heterocycles. The smallest absolute Gasteiger partial charge is 0.377 e. The molecule has 1 aromatic heterocycles. The van der Waals surface area contributed by atoms with Crippen molar-refractivity contribution in [1.82, 2.24) is 0 Å². The molecule has 0 saturated carbocycles. The summed E-state index contributed by atoms with van der Waals surface area (Å²) in [7, 11) is 0. The van der Waals surface area contributed by atoms with Crippen molar-refractivity contribution in [1.29, 1.82) is 0 Å². The Morgan fingerprint density at radius 3 is 2.72 bits per heavy atom. The molecule has 1 aliphatic rings. The van der Waals surface area contributed by atoms with E-state index in [0.29, 0.717) is 6.42 Å². The van der Waals surface area contributed by atoms with E-state index in [9.17, 15) is 13.2 Å². The first-order chi connectivity index (χ1) is 8.54. The lowest BCUT2D eigenvalue weighted by molar-refractivity contribution is -0.137. The standard InChI is InChI=1S/C13H10F3NS/c14-13(15,16)9-3-4-10-8(6-9)7-11(17-10)12-2-1-5-18-12/h1-6,11,17H,7H2. The van der Waals surface area contributed by atoms with Gasteiger partial charge in [-0.05, 0) is 41.6 Å². The Hall–Kier alpha value is -1.49. The lowest BCUT2D eigenvalue weighted by Gasteiger charge is -2.08. The summed E-state index contributed by atoms with van der Waals surface area (Å²) in [5, 5.41) is 5.23. The summed E-state index contributed by atoms with van der Waals surface area (Å²) < 4.78 is 37.8. The fourth-order valence-electron chi connectivity index (χ4n) is 2.20. The molecule has 0 fully saturated rings. The van der Waals surface area contributed by atoms with E-state index in [1.54, 1.807) is 11.3 Å². The number of fused-ring (bicyclic) bond motifs is 1. The third-order valence-corrected chi connectivity index (χ3v) is 4.06. The molecule has 18 heavy (non-hydrogen) atoms. The van der Waals surface area contributed by atoms with Gasteiger partial charge in [-0.2, -0.15) is 13.2 Å². The van der Waals surface area contributed by atoms with Crippen LogP contribution in [0, 0.1) is 0 Å². The highest BCUT2D eigenvalue weighted by Gasteiger charge is 2.32. The molecule has 3 rings (SSSR count). The average molecular weight is 269 g/mol. The van der Waals surface area contributed by atoms with Gasteiger partial charge in [0, 0.05) is 10.6 Å². The topological polar surface area (TPSA) is 12.0 Å². The van der Waals surface area contributed by atoms with Gasteiger partial charge >= 0.3 is 6.18 Å². The van der Waals surface area contributed by atoms with Crippen LogP contribution in [0.4, 0.5) is 18.9 Å². The molecule has 0 aliphatic carbocycles. The minimum absolute atomic E-state index is 0.100. The van der Waals surface area contributed by atoms with Crippen molar-refractivity contribution in [2.24, 2.45) is 0 Å². The molecule has 0 radical (unpaired) electrons. The second-order valence-electron chi connectivity index (χ2n) is 4.29. The molecular formula is C13H10F3NS. The van der Waals surface area contributed by atoms with Gasteiger partial charge in [0.05, 0.1) is 11.6 Å². The van der Waals surface area contributed by atoms with E-state index in [-0.39, 0.29) is 6.04 Å². The van der Waals surface area contributed by atoms with E-state index in [2.05, 4.69) is 5.32 Å². The maximum Gasteiger partial charge on any atom is 0.416 e. The number of alkyl halides is 3. The molecular weight excluding hydrogens is 259 g/mol. The molecule has 0 bridgehead atoms. The van der Waals surface area contributed by atoms with Gasteiger partial charge in [-0.15, -0.1) is 11.3 Å². The van der Waals surface area contributed by atoms with E-state index >= 15 is 0 Å². The van der Waals surface area contributed by atoms with Crippen molar-refractivity contribution >= 4 is 17.0 Å². The normalized spacial score (nSPS) is 18.5. The van der Waals surface area contributed by atoms with Gasteiger partial charge < -0.3 is 5.32 Å². The van der Waals surface area contributed by atoms with Crippen molar-refractivity contribution < 1.29 is 13.2 Å². The first kappa shape index (κ1) is 11.6. The van der Waals surface area contributed by atoms with Crippen molar-refractivity contribution in [3.63, 3.8) is 0 Å². The van der Waals surface area contributed by atoms with Crippen molar-refractivity contribution in [2.45, 2.75) is 18.6 Å². The molecule has 94 valence electrons. The summed E-state index contributed by atoms with van der Waals surface area (Å²) in [4.78, 5) is 1.15. The van der Waals surface area contributed by atoms with Crippen LogP contribution in [-0.4, -0.2) is 0 Å². The van der Waals surface area contributed by atoms with Crippen LogP contribution >= 0.6 is 11.3 Å². The number of halogens is 3. The second-order valence-corrected chi connectivity index (χ2v) is 5.27. The number of thiophene rings is 1. The molecule has 0 spiro atoms.